The van der Waals surface area contributed by atoms with Crippen molar-refractivity contribution < 1.29 is 14.3 Å². The van der Waals surface area contributed by atoms with Crippen molar-refractivity contribution in [1.82, 2.24) is 10.3 Å². The monoisotopic (exact) mass is 378 g/mol. The quantitative estimate of drug-likeness (QED) is 0.756. The molecule has 1 amide bonds. The molecule has 0 aliphatic heterocycles. The molecule has 0 fully saturated rings. The van der Waals surface area contributed by atoms with Crippen LogP contribution in [0, 0.1) is 0 Å². The maximum Gasteiger partial charge on any atom is 0.355 e. The highest BCUT2D eigenvalue weighted by Gasteiger charge is 2.14. The molecule has 0 saturated carbocycles. The molecule has 122 valence electrons. The summed E-state index contributed by atoms with van der Waals surface area (Å²) in [7, 11) is 0. The molecule has 2 rings (SSSR count). The van der Waals surface area contributed by atoms with E-state index in [1.54, 1.807) is 12.3 Å². The van der Waals surface area contributed by atoms with E-state index in [1.807, 2.05) is 31.2 Å². The van der Waals surface area contributed by atoms with Crippen molar-refractivity contribution in [3.8, 4) is 0 Å². The summed E-state index contributed by atoms with van der Waals surface area (Å²) in [5.74, 6) is -0.901. The predicted molar refractivity (Wildman–Crippen MR) is 91.2 cm³/mol. The van der Waals surface area contributed by atoms with Crippen LogP contribution >= 0.6 is 15.9 Å². The van der Waals surface area contributed by atoms with Crippen molar-refractivity contribution in [3.05, 3.63) is 57.8 Å². The largest absolute Gasteiger partial charge is 0.451 e. The van der Waals surface area contributed by atoms with Crippen molar-refractivity contribution in [2.24, 2.45) is 0 Å². The topological polar surface area (TPSA) is 71.2 Å². The zero-order chi connectivity index (χ0) is 16.8. The van der Waals surface area contributed by atoms with Gasteiger partial charge in [0, 0.05) is 10.7 Å². The van der Waals surface area contributed by atoms with E-state index in [1.165, 1.54) is 5.56 Å². The molecule has 0 aliphatic carbocycles. The lowest BCUT2D eigenvalue weighted by atomic mass is 10.1. The van der Waals surface area contributed by atoms with E-state index >= 15 is 0 Å². The second-order valence-corrected chi connectivity index (χ2v) is 6.11. The molecule has 2 N–H and O–H groups in total. The molecular weight excluding hydrogens is 360 g/mol. The SMILES string of the molecule is CCc1ccc([C@H](C)NC(=O)COC(=O)c2cc(Br)c[nH]2)cc1. The van der Waals surface area contributed by atoms with Crippen molar-refractivity contribution in [3.63, 3.8) is 0 Å². The summed E-state index contributed by atoms with van der Waals surface area (Å²) in [4.78, 5) is 26.4. The van der Waals surface area contributed by atoms with Crippen molar-refractivity contribution >= 4 is 27.8 Å². The Kier molecular flexibility index (Phi) is 5.98. The first-order valence-corrected chi connectivity index (χ1v) is 8.18. The second-order valence-electron chi connectivity index (χ2n) is 5.19. The van der Waals surface area contributed by atoms with Gasteiger partial charge in [0.25, 0.3) is 5.91 Å². The minimum absolute atomic E-state index is 0.147. The number of esters is 1. The van der Waals surface area contributed by atoms with Crippen molar-refractivity contribution in [2.75, 3.05) is 6.61 Å². The number of ether oxygens (including phenoxy) is 1. The number of carbonyl (C=O) groups is 2. The summed E-state index contributed by atoms with van der Waals surface area (Å²) in [6.45, 7) is 3.67. The molecule has 0 spiro atoms. The van der Waals surface area contributed by atoms with E-state index < -0.39 is 5.97 Å². The van der Waals surface area contributed by atoms with Crippen LogP contribution in [0.5, 0.6) is 0 Å². The third kappa shape index (κ3) is 4.96. The molecule has 0 aliphatic rings. The van der Waals surface area contributed by atoms with E-state index in [2.05, 4.69) is 33.2 Å². The van der Waals surface area contributed by atoms with Gasteiger partial charge in [0.1, 0.15) is 5.69 Å². The first-order valence-electron chi connectivity index (χ1n) is 7.39. The molecule has 0 saturated heterocycles. The molecular formula is C17H19BrN2O3. The number of aromatic nitrogens is 1. The van der Waals surface area contributed by atoms with E-state index in [-0.39, 0.29) is 18.6 Å². The molecule has 23 heavy (non-hydrogen) atoms. The lowest BCUT2D eigenvalue weighted by Gasteiger charge is -2.14. The molecule has 0 bridgehead atoms. The van der Waals surface area contributed by atoms with Crippen LogP contribution in [0.15, 0.2) is 41.0 Å². The molecule has 1 aromatic carbocycles. The number of halogens is 1. The summed E-state index contributed by atoms with van der Waals surface area (Å²) >= 11 is 3.23. The highest BCUT2D eigenvalue weighted by atomic mass is 79.9. The first kappa shape index (κ1) is 17.3. The molecule has 2 aromatic rings. The van der Waals surface area contributed by atoms with Crippen LogP contribution < -0.4 is 5.32 Å². The average Bonchev–Trinajstić information content (AvgIpc) is 2.99. The van der Waals surface area contributed by atoms with Gasteiger partial charge in [-0.05, 0) is 46.5 Å². The second kappa shape index (κ2) is 7.97. The van der Waals surface area contributed by atoms with Gasteiger partial charge in [0.2, 0.25) is 0 Å². The highest BCUT2D eigenvalue weighted by Crippen LogP contribution is 2.14. The Balaban J connectivity index is 1.82. The van der Waals surface area contributed by atoms with E-state index in [9.17, 15) is 9.59 Å². The van der Waals surface area contributed by atoms with Crippen molar-refractivity contribution in [1.29, 1.82) is 0 Å². The summed E-state index contributed by atoms with van der Waals surface area (Å²) in [6, 6.07) is 9.52. The fourth-order valence-electron chi connectivity index (χ4n) is 2.10. The smallest absolute Gasteiger partial charge is 0.355 e. The molecule has 0 radical (unpaired) electrons. The number of aromatic amines is 1. The van der Waals surface area contributed by atoms with Crippen LogP contribution in [0.4, 0.5) is 0 Å². The van der Waals surface area contributed by atoms with Gasteiger partial charge >= 0.3 is 5.97 Å². The van der Waals surface area contributed by atoms with Crippen LogP contribution in [0.2, 0.25) is 0 Å². The molecule has 1 atom stereocenters. The predicted octanol–water partition coefficient (Wildman–Crippen LogP) is 3.37. The lowest BCUT2D eigenvalue weighted by Crippen LogP contribution is -2.31. The van der Waals surface area contributed by atoms with Gasteiger partial charge in [0.05, 0.1) is 6.04 Å². The molecule has 0 unspecified atom stereocenters. The molecule has 1 aromatic heterocycles. The number of hydrogen-bond acceptors (Lipinski definition) is 3. The zero-order valence-corrected chi connectivity index (χ0v) is 14.6. The standard InChI is InChI=1S/C17H19BrN2O3/c1-3-12-4-6-13(7-5-12)11(2)20-16(21)10-23-17(22)15-8-14(18)9-19-15/h4-9,11,19H,3,10H2,1-2H3,(H,20,21)/t11-/m0/s1. The van der Waals surface area contributed by atoms with E-state index in [0.717, 1.165) is 16.5 Å². The number of rotatable bonds is 6. The van der Waals surface area contributed by atoms with Gasteiger partial charge in [-0.25, -0.2) is 4.79 Å². The number of amides is 1. The fraction of sp³-hybridized carbons (Fsp3) is 0.294. The minimum atomic E-state index is -0.564. The maximum absolute atomic E-state index is 11.9. The normalized spacial score (nSPS) is 11.8. The van der Waals surface area contributed by atoms with Crippen LogP contribution in [0.1, 0.15) is 41.5 Å². The third-order valence-electron chi connectivity index (χ3n) is 3.47. The maximum atomic E-state index is 11.9. The Morgan fingerprint density at radius 2 is 2.00 bits per heavy atom. The molecule has 1 heterocycles. The van der Waals surface area contributed by atoms with Gasteiger partial charge in [-0.2, -0.15) is 0 Å². The number of nitrogens with one attached hydrogen (secondary N) is 2. The van der Waals surface area contributed by atoms with Gasteiger partial charge in [-0.1, -0.05) is 31.2 Å². The number of benzene rings is 1. The van der Waals surface area contributed by atoms with Crippen LogP contribution in [0.3, 0.4) is 0 Å². The Hall–Kier alpha value is -2.08. The molecule has 6 heteroatoms. The average molecular weight is 379 g/mol. The number of aryl methyl sites for hydroxylation is 1. The Labute approximate surface area is 143 Å². The van der Waals surface area contributed by atoms with E-state index in [4.69, 9.17) is 4.74 Å². The lowest BCUT2D eigenvalue weighted by molar-refractivity contribution is -0.124. The van der Waals surface area contributed by atoms with Gasteiger partial charge in [0.15, 0.2) is 6.61 Å². The fourth-order valence-corrected chi connectivity index (χ4v) is 2.45. The Morgan fingerprint density at radius 1 is 1.30 bits per heavy atom. The zero-order valence-electron chi connectivity index (χ0n) is 13.1. The summed E-state index contributed by atoms with van der Waals surface area (Å²) in [6.07, 6.45) is 2.60. The minimum Gasteiger partial charge on any atom is -0.451 e. The van der Waals surface area contributed by atoms with Crippen LogP contribution in [-0.2, 0) is 16.0 Å². The number of hydrogen-bond donors (Lipinski definition) is 2. The van der Waals surface area contributed by atoms with Crippen LogP contribution in [-0.4, -0.2) is 23.5 Å². The molecule has 5 nitrogen and oxygen atoms in total. The highest BCUT2D eigenvalue weighted by molar-refractivity contribution is 9.10. The van der Waals surface area contributed by atoms with Crippen LogP contribution in [0.25, 0.3) is 0 Å². The number of carbonyl (C=O) groups excluding carboxylic acids is 2. The summed E-state index contributed by atoms with van der Waals surface area (Å²) in [5.41, 5.74) is 2.56. The van der Waals surface area contributed by atoms with Gasteiger partial charge in [-0.3, -0.25) is 4.79 Å². The van der Waals surface area contributed by atoms with Gasteiger partial charge < -0.3 is 15.0 Å². The van der Waals surface area contributed by atoms with Crippen molar-refractivity contribution in [2.45, 2.75) is 26.3 Å². The summed E-state index contributed by atoms with van der Waals surface area (Å²) < 4.78 is 5.72. The van der Waals surface area contributed by atoms with E-state index in [0.29, 0.717) is 5.69 Å². The third-order valence-corrected chi connectivity index (χ3v) is 3.93. The number of H-pyrrole nitrogens is 1. The summed E-state index contributed by atoms with van der Waals surface area (Å²) in [5, 5.41) is 2.81. The Morgan fingerprint density at radius 3 is 2.57 bits per heavy atom. The Bertz CT molecular complexity index is 679. The first-order chi connectivity index (χ1) is 11.0. The van der Waals surface area contributed by atoms with Gasteiger partial charge in [-0.15, -0.1) is 0 Å².